The summed E-state index contributed by atoms with van der Waals surface area (Å²) in [5.74, 6) is -1.42. The van der Waals surface area contributed by atoms with Gasteiger partial charge in [-0.3, -0.25) is 4.79 Å². The minimum Gasteiger partial charge on any atom is -0.480 e. The number of benzene rings is 1. The Kier molecular flexibility index (Phi) is 5.76. The molecular weight excluding hydrogens is 287 g/mol. The van der Waals surface area contributed by atoms with Crippen LogP contribution in [-0.2, 0) is 11.2 Å². The third-order valence-corrected chi connectivity index (χ3v) is 2.75. The van der Waals surface area contributed by atoms with Gasteiger partial charge in [-0.1, -0.05) is 25.4 Å². The van der Waals surface area contributed by atoms with Gasteiger partial charge in [-0.05, 0) is 24.5 Å². The molecule has 0 bridgehead atoms. The molecule has 3 N–H and O–H groups in total. The molecule has 1 rings (SSSR count). The number of amides is 2. The highest BCUT2D eigenvalue weighted by atomic mass is 35.5. The first kappa shape index (κ1) is 16.2. The molecule has 0 atom stereocenters. The molecule has 0 saturated carbocycles. The van der Waals surface area contributed by atoms with Crippen LogP contribution in [0.15, 0.2) is 12.1 Å². The molecule has 7 heteroatoms. The van der Waals surface area contributed by atoms with E-state index in [9.17, 15) is 14.0 Å². The summed E-state index contributed by atoms with van der Waals surface area (Å²) < 4.78 is 13.9. The van der Waals surface area contributed by atoms with E-state index in [-0.39, 0.29) is 16.6 Å². The number of halogens is 2. The molecule has 0 aliphatic heterocycles. The van der Waals surface area contributed by atoms with Crippen LogP contribution in [0.4, 0.5) is 14.9 Å². The van der Waals surface area contributed by atoms with E-state index in [1.54, 1.807) is 0 Å². The van der Waals surface area contributed by atoms with Gasteiger partial charge in [-0.25, -0.2) is 9.18 Å². The van der Waals surface area contributed by atoms with Gasteiger partial charge in [0.25, 0.3) is 0 Å². The molecule has 0 unspecified atom stereocenters. The Morgan fingerprint density at radius 3 is 2.55 bits per heavy atom. The van der Waals surface area contributed by atoms with Crippen LogP contribution in [-0.4, -0.2) is 23.7 Å². The van der Waals surface area contributed by atoms with Crippen molar-refractivity contribution in [3.8, 4) is 0 Å². The molecule has 20 heavy (non-hydrogen) atoms. The van der Waals surface area contributed by atoms with Crippen LogP contribution in [0.25, 0.3) is 0 Å². The number of carboxylic acids is 1. The summed E-state index contributed by atoms with van der Waals surface area (Å²) in [5, 5.41) is 13.1. The molecule has 0 aromatic heterocycles. The SMILES string of the molecule is CC(C)Cc1c(F)cc(NC(=O)NCC(=O)O)cc1Cl. The molecule has 5 nitrogen and oxygen atoms in total. The first-order valence-electron chi connectivity index (χ1n) is 6.04. The second-order valence-corrected chi connectivity index (χ2v) is 5.13. The van der Waals surface area contributed by atoms with E-state index >= 15 is 0 Å². The Morgan fingerprint density at radius 2 is 2.05 bits per heavy atom. The number of carbonyl (C=O) groups excluding carboxylic acids is 1. The lowest BCUT2D eigenvalue weighted by Crippen LogP contribution is -2.33. The standard InChI is InChI=1S/C13H16ClFN2O3/c1-7(2)3-9-10(14)4-8(5-11(9)15)17-13(20)16-6-12(18)19/h4-5,7H,3,6H2,1-2H3,(H,18,19)(H2,16,17,20). The molecule has 2 amide bonds. The van der Waals surface area contributed by atoms with E-state index < -0.39 is 24.4 Å². The van der Waals surface area contributed by atoms with Gasteiger partial charge in [0.05, 0.1) is 0 Å². The Labute approximate surface area is 121 Å². The van der Waals surface area contributed by atoms with E-state index in [4.69, 9.17) is 16.7 Å². The molecule has 0 aliphatic carbocycles. The highest BCUT2D eigenvalue weighted by Crippen LogP contribution is 2.26. The number of carbonyl (C=O) groups is 2. The van der Waals surface area contributed by atoms with Gasteiger partial charge >= 0.3 is 12.0 Å². The number of anilines is 1. The number of urea groups is 1. The molecule has 1 aromatic rings. The van der Waals surface area contributed by atoms with Crippen LogP contribution in [0, 0.1) is 11.7 Å². The lowest BCUT2D eigenvalue weighted by molar-refractivity contribution is -0.135. The quantitative estimate of drug-likeness (QED) is 0.782. The van der Waals surface area contributed by atoms with Gasteiger partial charge in [-0.15, -0.1) is 0 Å². The predicted molar refractivity (Wildman–Crippen MR) is 74.6 cm³/mol. The van der Waals surface area contributed by atoms with E-state index in [0.717, 1.165) is 6.07 Å². The van der Waals surface area contributed by atoms with Gasteiger partial charge in [0.15, 0.2) is 0 Å². The molecule has 0 aliphatic rings. The third-order valence-electron chi connectivity index (χ3n) is 2.41. The van der Waals surface area contributed by atoms with Crippen molar-refractivity contribution in [3.05, 3.63) is 28.5 Å². The molecule has 0 fully saturated rings. The average Bonchev–Trinajstić information content (AvgIpc) is 2.31. The van der Waals surface area contributed by atoms with E-state index in [1.165, 1.54) is 6.07 Å². The molecular formula is C13H16ClFN2O3. The number of hydrogen-bond acceptors (Lipinski definition) is 2. The number of carboxylic acid groups (broad SMARTS) is 1. The lowest BCUT2D eigenvalue weighted by atomic mass is 10.0. The Morgan fingerprint density at radius 1 is 1.40 bits per heavy atom. The van der Waals surface area contributed by atoms with Crippen molar-refractivity contribution in [2.24, 2.45) is 5.92 Å². The predicted octanol–water partition coefficient (Wildman–Crippen LogP) is 2.88. The summed E-state index contributed by atoms with van der Waals surface area (Å²) in [6.45, 7) is 3.37. The second-order valence-electron chi connectivity index (χ2n) is 4.72. The average molecular weight is 303 g/mol. The number of rotatable bonds is 5. The van der Waals surface area contributed by atoms with Gasteiger partial charge in [0, 0.05) is 16.3 Å². The van der Waals surface area contributed by atoms with Crippen LogP contribution in [0.2, 0.25) is 5.02 Å². The van der Waals surface area contributed by atoms with Crippen molar-refractivity contribution in [2.45, 2.75) is 20.3 Å². The number of nitrogens with one attached hydrogen (secondary N) is 2. The summed E-state index contributed by atoms with van der Waals surface area (Å²) in [6, 6.07) is 1.85. The fraction of sp³-hybridized carbons (Fsp3) is 0.385. The third kappa shape index (κ3) is 5.05. The molecule has 0 heterocycles. The van der Waals surface area contributed by atoms with E-state index in [1.807, 2.05) is 13.8 Å². The topological polar surface area (TPSA) is 78.4 Å². The zero-order valence-corrected chi connectivity index (χ0v) is 11.9. The smallest absolute Gasteiger partial charge is 0.323 e. The monoisotopic (exact) mass is 302 g/mol. The van der Waals surface area contributed by atoms with Crippen LogP contribution in [0.5, 0.6) is 0 Å². The molecule has 0 spiro atoms. The van der Waals surface area contributed by atoms with E-state index in [0.29, 0.717) is 12.0 Å². The van der Waals surface area contributed by atoms with Crippen molar-refractivity contribution in [1.29, 1.82) is 0 Å². The maximum absolute atomic E-state index is 13.9. The minimum absolute atomic E-state index is 0.169. The number of hydrogen-bond donors (Lipinski definition) is 3. The maximum atomic E-state index is 13.9. The van der Waals surface area contributed by atoms with Crippen molar-refractivity contribution in [3.63, 3.8) is 0 Å². The van der Waals surface area contributed by atoms with Crippen molar-refractivity contribution >= 4 is 29.3 Å². The van der Waals surface area contributed by atoms with Crippen molar-refractivity contribution < 1.29 is 19.1 Å². The molecule has 0 radical (unpaired) electrons. The van der Waals surface area contributed by atoms with Crippen LogP contribution in [0.1, 0.15) is 19.4 Å². The first-order valence-corrected chi connectivity index (χ1v) is 6.42. The summed E-state index contributed by atoms with van der Waals surface area (Å²) in [4.78, 5) is 21.6. The van der Waals surface area contributed by atoms with Crippen LogP contribution in [0.3, 0.4) is 0 Å². The fourth-order valence-electron chi connectivity index (χ4n) is 1.61. The largest absolute Gasteiger partial charge is 0.480 e. The summed E-state index contributed by atoms with van der Waals surface area (Å²) in [7, 11) is 0. The molecule has 1 aromatic carbocycles. The Hall–Kier alpha value is -1.82. The van der Waals surface area contributed by atoms with Crippen molar-refractivity contribution in [2.75, 3.05) is 11.9 Å². The highest BCUT2D eigenvalue weighted by molar-refractivity contribution is 6.31. The van der Waals surface area contributed by atoms with Crippen LogP contribution >= 0.6 is 11.6 Å². The maximum Gasteiger partial charge on any atom is 0.323 e. The van der Waals surface area contributed by atoms with Gasteiger partial charge in [-0.2, -0.15) is 0 Å². The highest BCUT2D eigenvalue weighted by Gasteiger charge is 2.13. The van der Waals surface area contributed by atoms with Crippen molar-refractivity contribution in [1.82, 2.24) is 5.32 Å². The fourth-order valence-corrected chi connectivity index (χ4v) is 1.89. The summed E-state index contributed by atoms with van der Waals surface area (Å²) in [6.07, 6.45) is 0.496. The first-order chi connectivity index (χ1) is 9.29. The van der Waals surface area contributed by atoms with E-state index in [2.05, 4.69) is 10.6 Å². The second kappa shape index (κ2) is 7.09. The lowest BCUT2D eigenvalue weighted by Gasteiger charge is -2.12. The zero-order chi connectivity index (χ0) is 15.3. The Balaban J connectivity index is 2.78. The zero-order valence-electron chi connectivity index (χ0n) is 11.2. The minimum atomic E-state index is -1.17. The summed E-state index contributed by atoms with van der Waals surface area (Å²) >= 11 is 5.98. The van der Waals surface area contributed by atoms with Gasteiger partial charge in [0.2, 0.25) is 0 Å². The van der Waals surface area contributed by atoms with Gasteiger partial charge in [0.1, 0.15) is 12.4 Å². The van der Waals surface area contributed by atoms with Gasteiger partial charge < -0.3 is 15.7 Å². The van der Waals surface area contributed by atoms with Crippen LogP contribution < -0.4 is 10.6 Å². The Bertz CT molecular complexity index is 497. The molecule has 110 valence electrons. The number of aliphatic carboxylic acids is 1. The molecule has 0 saturated heterocycles. The summed E-state index contributed by atoms with van der Waals surface area (Å²) in [5.41, 5.74) is 0.570. The normalized spacial score (nSPS) is 10.4.